The smallest absolute Gasteiger partial charge is 0.237 e. The van der Waals surface area contributed by atoms with Crippen LogP contribution in [0.3, 0.4) is 0 Å². The molecule has 1 unspecified atom stereocenters. The molecule has 18 heavy (non-hydrogen) atoms. The second kappa shape index (κ2) is 6.05. The molecule has 1 aliphatic carbocycles. The van der Waals surface area contributed by atoms with Crippen LogP contribution in [0.4, 0.5) is 0 Å². The Morgan fingerprint density at radius 2 is 2.00 bits per heavy atom. The van der Waals surface area contributed by atoms with E-state index in [1.807, 2.05) is 0 Å². The largest absolute Gasteiger partial charge is 0.338 e. The van der Waals surface area contributed by atoms with Crippen LogP contribution in [0.1, 0.15) is 52.9 Å². The van der Waals surface area contributed by atoms with Gasteiger partial charge in [-0.3, -0.25) is 9.69 Å². The first kappa shape index (κ1) is 13.9. The highest BCUT2D eigenvalue weighted by Crippen LogP contribution is 2.28. The number of likely N-dealkylation sites (tertiary alicyclic amines) is 1. The number of carbonyl (C=O) groups is 1. The summed E-state index contributed by atoms with van der Waals surface area (Å²) in [6, 6.07) is 1.14. The first-order valence-corrected chi connectivity index (χ1v) is 7.61. The monoisotopic (exact) mass is 252 g/mol. The molecule has 3 heteroatoms. The van der Waals surface area contributed by atoms with Crippen molar-refractivity contribution in [3.63, 3.8) is 0 Å². The van der Waals surface area contributed by atoms with Crippen LogP contribution >= 0.6 is 0 Å². The van der Waals surface area contributed by atoms with Crippen molar-refractivity contribution in [2.24, 2.45) is 5.92 Å². The van der Waals surface area contributed by atoms with E-state index in [-0.39, 0.29) is 0 Å². The zero-order chi connectivity index (χ0) is 13.1. The molecule has 0 bridgehead atoms. The van der Waals surface area contributed by atoms with Crippen molar-refractivity contribution in [2.45, 2.75) is 65.0 Å². The Morgan fingerprint density at radius 3 is 2.56 bits per heavy atom. The van der Waals surface area contributed by atoms with Gasteiger partial charge in [0.1, 0.15) is 0 Å². The van der Waals surface area contributed by atoms with Crippen molar-refractivity contribution in [3.8, 4) is 0 Å². The first-order valence-electron chi connectivity index (χ1n) is 7.61. The van der Waals surface area contributed by atoms with Crippen LogP contribution in [0.5, 0.6) is 0 Å². The van der Waals surface area contributed by atoms with Gasteiger partial charge in [0, 0.05) is 18.6 Å². The molecule has 1 heterocycles. The van der Waals surface area contributed by atoms with Crippen LogP contribution < -0.4 is 0 Å². The Labute approximate surface area is 112 Å². The fraction of sp³-hybridized carbons (Fsp3) is 0.933. The molecule has 2 fully saturated rings. The molecule has 0 N–H and O–H groups in total. The number of hydrogen-bond acceptors (Lipinski definition) is 2. The molecule has 104 valence electrons. The Morgan fingerprint density at radius 1 is 1.28 bits per heavy atom. The van der Waals surface area contributed by atoms with Crippen molar-refractivity contribution in [1.82, 2.24) is 9.80 Å². The Balaban J connectivity index is 1.87. The summed E-state index contributed by atoms with van der Waals surface area (Å²) < 4.78 is 0. The zero-order valence-electron chi connectivity index (χ0n) is 12.2. The number of carbonyl (C=O) groups excluding carboxylic acids is 1. The predicted octanol–water partition coefficient (Wildman–Crippen LogP) is 2.51. The van der Waals surface area contributed by atoms with E-state index in [0.29, 0.717) is 30.5 Å². The summed E-state index contributed by atoms with van der Waals surface area (Å²) in [5.41, 5.74) is 0. The molecule has 0 aromatic heterocycles. The maximum atomic E-state index is 12.5. The Bertz CT molecular complexity index is 286. The summed E-state index contributed by atoms with van der Waals surface area (Å²) in [4.78, 5) is 17.0. The van der Waals surface area contributed by atoms with Crippen LogP contribution in [0.15, 0.2) is 0 Å². The average Bonchev–Trinajstić information content (AvgIpc) is 3.12. The maximum Gasteiger partial charge on any atom is 0.237 e. The standard InChI is InChI=1S/C15H28N2O/c1-12(2)10-17(14-7-8-14)15(18)11-16-9-5-4-6-13(16)3/h12-14H,4-11H2,1-3H3. The van der Waals surface area contributed by atoms with E-state index < -0.39 is 0 Å². The third-order valence-electron chi connectivity index (χ3n) is 4.15. The zero-order valence-corrected chi connectivity index (χ0v) is 12.2. The van der Waals surface area contributed by atoms with E-state index in [4.69, 9.17) is 0 Å². The van der Waals surface area contributed by atoms with Crippen LogP contribution in [-0.2, 0) is 4.79 Å². The third kappa shape index (κ3) is 3.71. The molecular formula is C15H28N2O. The highest BCUT2D eigenvalue weighted by atomic mass is 16.2. The normalized spacial score (nSPS) is 25.4. The Kier molecular flexibility index (Phi) is 4.66. The van der Waals surface area contributed by atoms with E-state index >= 15 is 0 Å². The quantitative estimate of drug-likeness (QED) is 0.750. The lowest BCUT2D eigenvalue weighted by molar-refractivity contribution is -0.134. The van der Waals surface area contributed by atoms with E-state index in [9.17, 15) is 4.79 Å². The van der Waals surface area contributed by atoms with Crippen molar-refractivity contribution in [1.29, 1.82) is 0 Å². The number of amides is 1. The summed E-state index contributed by atoms with van der Waals surface area (Å²) >= 11 is 0. The maximum absolute atomic E-state index is 12.5. The van der Waals surface area contributed by atoms with Crippen molar-refractivity contribution in [3.05, 3.63) is 0 Å². The SMILES string of the molecule is CC(C)CN(C(=O)CN1CCCCC1C)C1CC1. The van der Waals surface area contributed by atoms with Gasteiger partial charge in [0.05, 0.1) is 6.54 Å². The highest BCUT2D eigenvalue weighted by molar-refractivity contribution is 5.79. The molecule has 1 saturated carbocycles. The van der Waals surface area contributed by atoms with Gasteiger partial charge in [-0.2, -0.15) is 0 Å². The molecule has 0 spiro atoms. The van der Waals surface area contributed by atoms with E-state index in [1.165, 1.54) is 32.1 Å². The minimum Gasteiger partial charge on any atom is -0.338 e. The number of nitrogens with zero attached hydrogens (tertiary/aromatic N) is 2. The molecule has 0 aromatic carbocycles. The molecule has 1 aliphatic heterocycles. The minimum absolute atomic E-state index is 0.361. The summed E-state index contributed by atoms with van der Waals surface area (Å²) in [5.74, 6) is 0.938. The van der Waals surface area contributed by atoms with Gasteiger partial charge in [-0.05, 0) is 45.1 Å². The number of rotatable bonds is 5. The van der Waals surface area contributed by atoms with E-state index in [2.05, 4.69) is 30.6 Å². The molecule has 2 aliphatic rings. The lowest BCUT2D eigenvalue weighted by Crippen LogP contribution is -2.47. The van der Waals surface area contributed by atoms with Gasteiger partial charge >= 0.3 is 0 Å². The topological polar surface area (TPSA) is 23.6 Å². The highest BCUT2D eigenvalue weighted by Gasteiger charge is 2.34. The van der Waals surface area contributed by atoms with Gasteiger partial charge in [-0.1, -0.05) is 20.3 Å². The van der Waals surface area contributed by atoms with Crippen molar-refractivity contribution >= 4 is 5.91 Å². The molecule has 1 atom stereocenters. The third-order valence-corrected chi connectivity index (χ3v) is 4.15. The van der Waals surface area contributed by atoms with Crippen LogP contribution in [-0.4, -0.2) is 47.4 Å². The van der Waals surface area contributed by atoms with Gasteiger partial charge < -0.3 is 4.90 Å². The average molecular weight is 252 g/mol. The van der Waals surface area contributed by atoms with Gasteiger partial charge in [0.25, 0.3) is 0 Å². The van der Waals surface area contributed by atoms with Crippen LogP contribution in [0.25, 0.3) is 0 Å². The van der Waals surface area contributed by atoms with Gasteiger partial charge in [0.2, 0.25) is 5.91 Å². The van der Waals surface area contributed by atoms with Crippen LogP contribution in [0, 0.1) is 5.92 Å². The van der Waals surface area contributed by atoms with Gasteiger partial charge in [-0.15, -0.1) is 0 Å². The first-order chi connectivity index (χ1) is 8.58. The molecule has 1 saturated heterocycles. The number of hydrogen-bond donors (Lipinski definition) is 0. The predicted molar refractivity (Wildman–Crippen MR) is 74.5 cm³/mol. The molecule has 0 aromatic rings. The fourth-order valence-electron chi connectivity index (χ4n) is 2.89. The molecular weight excluding hydrogens is 224 g/mol. The van der Waals surface area contributed by atoms with Gasteiger partial charge in [0.15, 0.2) is 0 Å². The summed E-state index contributed by atoms with van der Waals surface area (Å²) in [7, 11) is 0. The molecule has 2 rings (SSSR count). The second-order valence-electron chi connectivity index (χ2n) is 6.49. The summed E-state index contributed by atoms with van der Waals surface area (Å²) in [6.07, 6.45) is 6.26. The second-order valence-corrected chi connectivity index (χ2v) is 6.49. The van der Waals surface area contributed by atoms with Crippen molar-refractivity contribution in [2.75, 3.05) is 19.6 Å². The minimum atomic E-state index is 0.361. The summed E-state index contributed by atoms with van der Waals surface area (Å²) in [6.45, 7) is 9.35. The lowest BCUT2D eigenvalue weighted by atomic mass is 10.0. The molecule has 0 radical (unpaired) electrons. The van der Waals surface area contributed by atoms with E-state index in [0.717, 1.165) is 13.1 Å². The Hall–Kier alpha value is -0.570. The molecule has 1 amide bonds. The van der Waals surface area contributed by atoms with Crippen LogP contribution in [0.2, 0.25) is 0 Å². The van der Waals surface area contributed by atoms with Gasteiger partial charge in [-0.25, -0.2) is 0 Å². The van der Waals surface area contributed by atoms with E-state index in [1.54, 1.807) is 0 Å². The molecule has 3 nitrogen and oxygen atoms in total. The fourth-order valence-corrected chi connectivity index (χ4v) is 2.89. The number of piperidine rings is 1. The lowest BCUT2D eigenvalue weighted by Gasteiger charge is -2.35. The summed E-state index contributed by atoms with van der Waals surface area (Å²) in [5, 5.41) is 0. The van der Waals surface area contributed by atoms with Crippen molar-refractivity contribution < 1.29 is 4.79 Å².